The first kappa shape index (κ1) is 14.3. The Morgan fingerprint density at radius 3 is 2.76 bits per heavy atom. The van der Waals surface area contributed by atoms with Gasteiger partial charge in [0.25, 0.3) is 0 Å². The molecule has 0 fully saturated rings. The van der Waals surface area contributed by atoms with Crippen LogP contribution in [0.2, 0.25) is 10.0 Å². The zero-order chi connectivity index (χ0) is 12.8. The molecule has 3 N–H and O–H groups in total. The van der Waals surface area contributed by atoms with Crippen LogP contribution in [-0.4, -0.2) is 12.5 Å². The summed E-state index contributed by atoms with van der Waals surface area (Å²) in [6.07, 6.45) is 1.12. The number of carbonyl (C=O) groups is 1. The van der Waals surface area contributed by atoms with Crippen LogP contribution in [0.4, 0.5) is 0 Å². The molecule has 1 unspecified atom stereocenters. The van der Waals surface area contributed by atoms with Gasteiger partial charge in [-0.3, -0.25) is 4.79 Å². The molecule has 0 saturated heterocycles. The predicted octanol–water partition coefficient (Wildman–Crippen LogP) is 2.91. The van der Waals surface area contributed by atoms with Crippen LogP contribution in [0, 0.1) is 0 Å². The number of hydrogen-bond donors (Lipinski definition) is 2. The Kier molecular flexibility index (Phi) is 5.75. The molecule has 5 heteroatoms. The molecule has 0 aliphatic carbocycles. The van der Waals surface area contributed by atoms with Gasteiger partial charge in [0.15, 0.2) is 0 Å². The topological polar surface area (TPSA) is 55.1 Å². The number of primary amides is 1. The minimum atomic E-state index is -0.274. The van der Waals surface area contributed by atoms with Crippen molar-refractivity contribution < 1.29 is 4.79 Å². The fourth-order valence-corrected chi connectivity index (χ4v) is 2.12. The summed E-state index contributed by atoms with van der Waals surface area (Å²) in [6, 6.07) is 5.55. The number of benzene rings is 1. The Hall–Kier alpha value is -0.770. The summed E-state index contributed by atoms with van der Waals surface area (Å²) in [6.45, 7) is 2.74. The quantitative estimate of drug-likeness (QED) is 0.784. The molecule has 0 aromatic heterocycles. The Morgan fingerprint density at radius 1 is 1.47 bits per heavy atom. The van der Waals surface area contributed by atoms with E-state index in [0.717, 1.165) is 18.5 Å². The molecular formula is C12H16Cl2N2O. The molecule has 1 rings (SSSR count). The van der Waals surface area contributed by atoms with Crippen molar-refractivity contribution in [3.05, 3.63) is 33.8 Å². The number of nitrogens with one attached hydrogen (secondary N) is 1. The van der Waals surface area contributed by atoms with E-state index in [1.807, 2.05) is 19.1 Å². The van der Waals surface area contributed by atoms with Crippen LogP contribution in [0.3, 0.4) is 0 Å². The van der Waals surface area contributed by atoms with Crippen molar-refractivity contribution in [2.45, 2.75) is 25.8 Å². The van der Waals surface area contributed by atoms with Crippen LogP contribution < -0.4 is 11.1 Å². The molecule has 17 heavy (non-hydrogen) atoms. The lowest BCUT2D eigenvalue weighted by Crippen LogP contribution is -2.22. The number of hydrogen-bond acceptors (Lipinski definition) is 2. The lowest BCUT2D eigenvalue weighted by molar-refractivity contribution is -0.118. The summed E-state index contributed by atoms with van der Waals surface area (Å²) in [4.78, 5) is 10.6. The Morgan fingerprint density at radius 2 is 2.18 bits per heavy atom. The van der Waals surface area contributed by atoms with Gasteiger partial charge in [0, 0.05) is 22.5 Å². The van der Waals surface area contributed by atoms with Gasteiger partial charge >= 0.3 is 0 Å². The minimum absolute atomic E-state index is 0.118. The van der Waals surface area contributed by atoms with E-state index >= 15 is 0 Å². The third-order valence-electron chi connectivity index (χ3n) is 2.48. The molecule has 94 valence electrons. The van der Waals surface area contributed by atoms with Gasteiger partial charge in [0.2, 0.25) is 5.91 Å². The molecule has 0 aliphatic rings. The van der Waals surface area contributed by atoms with Crippen molar-refractivity contribution in [2.24, 2.45) is 5.73 Å². The van der Waals surface area contributed by atoms with Gasteiger partial charge < -0.3 is 11.1 Å². The molecule has 0 aliphatic heterocycles. The highest BCUT2D eigenvalue weighted by atomic mass is 35.5. The summed E-state index contributed by atoms with van der Waals surface area (Å²) in [7, 11) is 0. The average molecular weight is 275 g/mol. The van der Waals surface area contributed by atoms with Crippen molar-refractivity contribution in [1.82, 2.24) is 5.32 Å². The highest BCUT2D eigenvalue weighted by molar-refractivity contribution is 6.35. The molecule has 1 aromatic carbocycles. The maximum Gasteiger partial charge on any atom is 0.217 e. The summed E-state index contributed by atoms with van der Waals surface area (Å²) in [5.41, 5.74) is 6.05. The summed E-state index contributed by atoms with van der Waals surface area (Å²) in [5.74, 6) is -0.274. The molecule has 0 bridgehead atoms. The number of nitrogens with two attached hydrogens (primary N) is 1. The molecule has 1 amide bonds. The molecule has 1 aromatic rings. The van der Waals surface area contributed by atoms with Crippen LogP contribution >= 0.6 is 23.2 Å². The Labute approximate surface area is 111 Å². The standard InChI is InChI=1S/C12H16Cl2N2O/c1-8(16-6-2-3-12(15)17)10-5-4-9(13)7-11(10)14/h4-5,7-8,16H,2-3,6H2,1H3,(H2,15,17). The second-order valence-corrected chi connectivity index (χ2v) is 4.76. The summed E-state index contributed by atoms with van der Waals surface area (Å²) >= 11 is 11.9. The number of halogens is 2. The van der Waals surface area contributed by atoms with E-state index in [4.69, 9.17) is 28.9 Å². The van der Waals surface area contributed by atoms with Crippen LogP contribution in [0.15, 0.2) is 18.2 Å². The van der Waals surface area contributed by atoms with E-state index in [1.54, 1.807) is 6.07 Å². The number of carbonyl (C=O) groups excluding carboxylic acids is 1. The van der Waals surface area contributed by atoms with E-state index in [0.29, 0.717) is 16.5 Å². The summed E-state index contributed by atoms with van der Waals surface area (Å²) in [5, 5.41) is 4.55. The van der Waals surface area contributed by atoms with Gasteiger partial charge in [-0.1, -0.05) is 29.3 Å². The van der Waals surface area contributed by atoms with E-state index in [9.17, 15) is 4.79 Å². The van der Waals surface area contributed by atoms with Gasteiger partial charge in [0.1, 0.15) is 0 Å². The molecule has 0 heterocycles. The second-order valence-electron chi connectivity index (χ2n) is 3.91. The van der Waals surface area contributed by atoms with Crippen molar-refractivity contribution in [2.75, 3.05) is 6.54 Å². The SMILES string of the molecule is CC(NCCCC(N)=O)c1ccc(Cl)cc1Cl. The number of rotatable bonds is 6. The first-order valence-corrected chi connectivity index (χ1v) is 6.23. The summed E-state index contributed by atoms with van der Waals surface area (Å²) < 4.78 is 0. The normalized spacial score (nSPS) is 12.4. The molecule has 0 radical (unpaired) electrons. The van der Waals surface area contributed by atoms with Crippen LogP contribution in [0.25, 0.3) is 0 Å². The van der Waals surface area contributed by atoms with Crippen LogP contribution in [-0.2, 0) is 4.79 Å². The van der Waals surface area contributed by atoms with E-state index < -0.39 is 0 Å². The Balaban J connectivity index is 2.46. The molecular weight excluding hydrogens is 259 g/mol. The largest absolute Gasteiger partial charge is 0.370 e. The van der Waals surface area contributed by atoms with Gasteiger partial charge in [-0.2, -0.15) is 0 Å². The van der Waals surface area contributed by atoms with Gasteiger partial charge in [-0.25, -0.2) is 0 Å². The predicted molar refractivity (Wildman–Crippen MR) is 71.3 cm³/mol. The van der Waals surface area contributed by atoms with Crippen LogP contribution in [0.5, 0.6) is 0 Å². The van der Waals surface area contributed by atoms with Crippen molar-refractivity contribution in [3.8, 4) is 0 Å². The smallest absolute Gasteiger partial charge is 0.217 e. The van der Waals surface area contributed by atoms with E-state index in [1.165, 1.54) is 0 Å². The molecule has 3 nitrogen and oxygen atoms in total. The van der Waals surface area contributed by atoms with Crippen molar-refractivity contribution in [1.29, 1.82) is 0 Å². The van der Waals surface area contributed by atoms with E-state index in [-0.39, 0.29) is 11.9 Å². The highest BCUT2D eigenvalue weighted by Gasteiger charge is 2.09. The zero-order valence-corrected chi connectivity index (χ0v) is 11.2. The van der Waals surface area contributed by atoms with Gasteiger partial charge in [0.05, 0.1) is 0 Å². The van der Waals surface area contributed by atoms with Gasteiger partial charge in [-0.05, 0) is 37.6 Å². The van der Waals surface area contributed by atoms with Gasteiger partial charge in [-0.15, -0.1) is 0 Å². The zero-order valence-electron chi connectivity index (χ0n) is 9.67. The molecule has 1 atom stereocenters. The Bertz CT molecular complexity index is 396. The third-order valence-corrected chi connectivity index (χ3v) is 3.04. The fraction of sp³-hybridized carbons (Fsp3) is 0.417. The maximum atomic E-state index is 10.6. The highest BCUT2D eigenvalue weighted by Crippen LogP contribution is 2.25. The first-order valence-electron chi connectivity index (χ1n) is 5.47. The third kappa shape index (κ3) is 4.94. The molecule has 0 saturated carbocycles. The molecule has 0 spiro atoms. The van der Waals surface area contributed by atoms with Crippen molar-refractivity contribution >= 4 is 29.1 Å². The second kappa shape index (κ2) is 6.84. The lowest BCUT2D eigenvalue weighted by atomic mass is 10.1. The lowest BCUT2D eigenvalue weighted by Gasteiger charge is -2.15. The monoisotopic (exact) mass is 274 g/mol. The maximum absolute atomic E-state index is 10.6. The number of amides is 1. The van der Waals surface area contributed by atoms with E-state index in [2.05, 4.69) is 5.32 Å². The van der Waals surface area contributed by atoms with Crippen molar-refractivity contribution in [3.63, 3.8) is 0 Å². The first-order chi connectivity index (χ1) is 8.00. The fourth-order valence-electron chi connectivity index (χ4n) is 1.54. The van der Waals surface area contributed by atoms with Crippen LogP contribution in [0.1, 0.15) is 31.4 Å². The minimum Gasteiger partial charge on any atom is -0.370 e. The average Bonchev–Trinajstić information content (AvgIpc) is 2.23.